The third-order valence-electron chi connectivity index (χ3n) is 3.65. The van der Waals surface area contributed by atoms with E-state index >= 15 is 0 Å². The molecular formula is C12H18Si. The highest BCUT2D eigenvalue weighted by Crippen LogP contribution is 2.35. The SMILES string of the molecule is CC[Si]1(c2ccc(C)cc2)CCC1. The predicted octanol–water partition coefficient (Wildman–Crippen LogP) is 3.07. The number of rotatable bonds is 2. The summed E-state index contributed by atoms with van der Waals surface area (Å²) in [6.07, 6.45) is 1.48. The van der Waals surface area contributed by atoms with Crippen molar-refractivity contribution in [1.82, 2.24) is 0 Å². The molecule has 0 saturated carbocycles. The first-order valence-corrected chi connectivity index (χ1v) is 7.96. The van der Waals surface area contributed by atoms with Crippen molar-refractivity contribution in [1.29, 1.82) is 0 Å². The Morgan fingerprint density at radius 3 is 2.15 bits per heavy atom. The summed E-state index contributed by atoms with van der Waals surface area (Å²) in [5.41, 5.74) is 1.39. The number of hydrogen-bond donors (Lipinski definition) is 0. The molecule has 0 spiro atoms. The molecule has 0 N–H and O–H groups in total. The fourth-order valence-corrected chi connectivity index (χ4v) is 6.13. The van der Waals surface area contributed by atoms with Gasteiger partial charge in [0.05, 0.1) is 8.07 Å². The van der Waals surface area contributed by atoms with Gasteiger partial charge in [-0.1, -0.05) is 66.5 Å². The molecule has 0 atom stereocenters. The highest BCUT2D eigenvalue weighted by atomic mass is 28.3. The maximum absolute atomic E-state index is 2.38. The van der Waals surface area contributed by atoms with E-state index in [1.165, 1.54) is 30.1 Å². The van der Waals surface area contributed by atoms with Gasteiger partial charge >= 0.3 is 0 Å². The van der Waals surface area contributed by atoms with Gasteiger partial charge < -0.3 is 0 Å². The van der Waals surface area contributed by atoms with Crippen molar-refractivity contribution >= 4 is 13.3 Å². The van der Waals surface area contributed by atoms with Crippen LogP contribution in [0, 0.1) is 6.92 Å². The van der Waals surface area contributed by atoms with Gasteiger partial charge in [-0.2, -0.15) is 0 Å². The van der Waals surface area contributed by atoms with Gasteiger partial charge in [-0.05, 0) is 6.92 Å². The topological polar surface area (TPSA) is 0 Å². The summed E-state index contributed by atoms with van der Waals surface area (Å²) >= 11 is 0. The van der Waals surface area contributed by atoms with Crippen LogP contribution in [0.5, 0.6) is 0 Å². The summed E-state index contributed by atoms with van der Waals surface area (Å²) in [6, 6.07) is 13.8. The minimum Gasteiger partial charge on any atom is -0.0675 e. The molecule has 1 saturated heterocycles. The zero-order chi connectivity index (χ0) is 9.31. The van der Waals surface area contributed by atoms with Crippen molar-refractivity contribution < 1.29 is 0 Å². The van der Waals surface area contributed by atoms with Gasteiger partial charge in [0.25, 0.3) is 0 Å². The second kappa shape index (κ2) is 3.30. The molecule has 0 amide bonds. The molecule has 0 aliphatic carbocycles. The van der Waals surface area contributed by atoms with Crippen LogP contribution >= 0.6 is 0 Å². The van der Waals surface area contributed by atoms with E-state index in [2.05, 4.69) is 38.1 Å². The van der Waals surface area contributed by atoms with Crippen LogP contribution in [0.25, 0.3) is 0 Å². The molecule has 0 aromatic heterocycles. The fourth-order valence-electron chi connectivity index (χ4n) is 2.36. The molecule has 1 heterocycles. The molecule has 13 heavy (non-hydrogen) atoms. The van der Waals surface area contributed by atoms with Crippen LogP contribution in [-0.2, 0) is 0 Å². The van der Waals surface area contributed by atoms with Crippen molar-refractivity contribution in [3.63, 3.8) is 0 Å². The normalized spacial score (nSPS) is 19.5. The van der Waals surface area contributed by atoms with E-state index in [0.29, 0.717) is 0 Å². The van der Waals surface area contributed by atoms with Gasteiger partial charge in [-0.25, -0.2) is 0 Å². The summed E-state index contributed by atoms with van der Waals surface area (Å²) < 4.78 is 0. The summed E-state index contributed by atoms with van der Waals surface area (Å²) in [5, 5.41) is 1.70. The molecule has 1 aliphatic rings. The third-order valence-corrected chi connectivity index (χ3v) is 9.18. The largest absolute Gasteiger partial charge is 0.0864 e. The molecule has 2 rings (SSSR count). The lowest BCUT2D eigenvalue weighted by Gasteiger charge is -2.39. The Kier molecular flexibility index (Phi) is 2.29. The number of hydrogen-bond acceptors (Lipinski definition) is 0. The second-order valence-corrected chi connectivity index (χ2v) is 9.20. The van der Waals surface area contributed by atoms with E-state index < -0.39 is 8.07 Å². The molecule has 0 unspecified atom stereocenters. The lowest BCUT2D eigenvalue weighted by atomic mass is 10.2. The molecule has 0 radical (unpaired) electrons. The van der Waals surface area contributed by atoms with Crippen LogP contribution in [-0.4, -0.2) is 8.07 Å². The lowest BCUT2D eigenvalue weighted by molar-refractivity contribution is 0.896. The lowest BCUT2D eigenvalue weighted by Crippen LogP contribution is -2.52. The molecule has 1 fully saturated rings. The standard InChI is InChI=1S/C12H18Si/c1-3-13(9-4-10-13)12-7-5-11(2)6-8-12/h5-8H,3-4,9-10H2,1-2H3. The van der Waals surface area contributed by atoms with E-state index in [9.17, 15) is 0 Å². The van der Waals surface area contributed by atoms with Gasteiger partial charge in [0.2, 0.25) is 0 Å². The Morgan fingerprint density at radius 1 is 1.15 bits per heavy atom. The average Bonchev–Trinajstić information content (AvgIpc) is 2.07. The van der Waals surface area contributed by atoms with Crippen molar-refractivity contribution in [3.05, 3.63) is 29.8 Å². The van der Waals surface area contributed by atoms with Crippen LogP contribution in [0.2, 0.25) is 18.1 Å². The van der Waals surface area contributed by atoms with E-state index in [1.54, 1.807) is 5.19 Å². The first kappa shape index (κ1) is 9.01. The summed E-state index contributed by atoms with van der Waals surface area (Å²) in [5.74, 6) is 0. The molecule has 1 aromatic rings. The van der Waals surface area contributed by atoms with Crippen LogP contribution in [0.4, 0.5) is 0 Å². The first-order chi connectivity index (χ1) is 6.27. The maximum atomic E-state index is 2.38. The predicted molar refractivity (Wildman–Crippen MR) is 61.3 cm³/mol. The van der Waals surface area contributed by atoms with E-state index in [0.717, 1.165) is 0 Å². The van der Waals surface area contributed by atoms with Crippen molar-refractivity contribution in [2.75, 3.05) is 0 Å². The third kappa shape index (κ3) is 1.46. The van der Waals surface area contributed by atoms with Crippen molar-refractivity contribution in [2.24, 2.45) is 0 Å². The Balaban J connectivity index is 2.28. The molecular weight excluding hydrogens is 172 g/mol. The van der Waals surface area contributed by atoms with Crippen LogP contribution in [0.15, 0.2) is 24.3 Å². The highest BCUT2D eigenvalue weighted by Gasteiger charge is 2.38. The van der Waals surface area contributed by atoms with Gasteiger partial charge in [0.15, 0.2) is 0 Å². The minimum absolute atomic E-state index is 0.916. The second-order valence-electron chi connectivity index (χ2n) is 4.35. The average molecular weight is 190 g/mol. The monoisotopic (exact) mass is 190 g/mol. The summed E-state index contributed by atoms with van der Waals surface area (Å²) in [4.78, 5) is 0. The number of benzene rings is 1. The van der Waals surface area contributed by atoms with E-state index in [1.807, 2.05) is 0 Å². The molecule has 0 bridgehead atoms. The Morgan fingerprint density at radius 2 is 1.77 bits per heavy atom. The minimum atomic E-state index is -0.916. The maximum Gasteiger partial charge on any atom is 0.0864 e. The highest BCUT2D eigenvalue weighted by molar-refractivity contribution is 6.93. The van der Waals surface area contributed by atoms with E-state index in [-0.39, 0.29) is 0 Å². The summed E-state index contributed by atoms with van der Waals surface area (Å²) in [7, 11) is -0.916. The molecule has 1 aliphatic heterocycles. The molecule has 1 heteroatoms. The van der Waals surface area contributed by atoms with Gasteiger partial charge in [0.1, 0.15) is 0 Å². The Hall–Kier alpha value is -0.563. The van der Waals surface area contributed by atoms with E-state index in [4.69, 9.17) is 0 Å². The Labute approximate surface area is 82.0 Å². The zero-order valence-corrected chi connectivity index (χ0v) is 9.64. The first-order valence-electron chi connectivity index (χ1n) is 5.34. The number of aryl methyl sites for hydroxylation is 1. The fraction of sp³-hybridized carbons (Fsp3) is 0.500. The van der Waals surface area contributed by atoms with Gasteiger partial charge in [0, 0.05) is 0 Å². The van der Waals surface area contributed by atoms with Gasteiger partial charge in [-0.3, -0.25) is 0 Å². The summed E-state index contributed by atoms with van der Waals surface area (Å²) in [6.45, 7) is 4.55. The Bertz CT molecular complexity index is 277. The zero-order valence-electron chi connectivity index (χ0n) is 8.64. The van der Waals surface area contributed by atoms with Crippen LogP contribution in [0.1, 0.15) is 18.9 Å². The quantitative estimate of drug-likeness (QED) is 0.629. The van der Waals surface area contributed by atoms with Crippen LogP contribution < -0.4 is 5.19 Å². The molecule has 70 valence electrons. The molecule has 0 nitrogen and oxygen atoms in total. The smallest absolute Gasteiger partial charge is 0.0675 e. The van der Waals surface area contributed by atoms with Crippen LogP contribution in [0.3, 0.4) is 0 Å². The molecule has 1 aromatic carbocycles. The van der Waals surface area contributed by atoms with Gasteiger partial charge in [-0.15, -0.1) is 0 Å². The van der Waals surface area contributed by atoms with Crippen molar-refractivity contribution in [3.8, 4) is 0 Å². The van der Waals surface area contributed by atoms with Crippen molar-refractivity contribution in [2.45, 2.75) is 38.4 Å².